The van der Waals surface area contributed by atoms with Crippen molar-refractivity contribution >= 4 is 11.7 Å². The van der Waals surface area contributed by atoms with Crippen LogP contribution in [0, 0.1) is 0 Å². The lowest BCUT2D eigenvalue weighted by Gasteiger charge is -2.13. The van der Waals surface area contributed by atoms with Crippen molar-refractivity contribution in [3.05, 3.63) is 29.3 Å². The quantitative estimate of drug-likeness (QED) is 0.699. The van der Waals surface area contributed by atoms with Crippen LogP contribution in [-0.2, 0) is 6.18 Å². The molecule has 0 spiro atoms. The SMILES string of the molecule is O=C(O)c1ccc(NCCCCO)cc1C(F)(F)F. The maximum atomic E-state index is 12.7. The zero-order valence-corrected chi connectivity index (χ0v) is 10.00. The van der Waals surface area contributed by atoms with E-state index in [0.717, 1.165) is 12.1 Å². The van der Waals surface area contributed by atoms with E-state index in [1.165, 1.54) is 6.07 Å². The van der Waals surface area contributed by atoms with Gasteiger partial charge in [0.2, 0.25) is 0 Å². The van der Waals surface area contributed by atoms with Gasteiger partial charge in [0.05, 0.1) is 11.1 Å². The Bertz CT molecular complexity index is 446. The summed E-state index contributed by atoms with van der Waals surface area (Å²) in [6, 6.07) is 3.00. The lowest BCUT2D eigenvalue weighted by atomic mass is 10.1. The van der Waals surface area contributed by atoms with Gasteiger partial charge in [-0.25, -0.2) is 4.79 Å². The molecule has 1 aromatic rings. The minimum Gasteiger partial charge on any atom is -0.478 e. The minimum atomic E-state index is -4.71. The van der Waals surface area contributed by atoms with Crippen molar-refractivity contribution in [2.24, 2.45) is 0 Å². The molecule has 0 amide bonds. The molecule has 1 rings (SSSR count). The molecule has 0 aromatic heterocycles. The molecule has 3 N–H and O–H groups in total. The number of rotatable bonds is 6. The van der Waals surface area contributed by atoms with Crippen LogP contribution in [0.25, 0.3) is 0 Å². The predicted octanol–water partition coefficient (Wildman–Crippen LogP) is 2.59. The Kier molecular flexibility index (Phi) is 5.17. The van der Waals surface area contributed by atoms with Crippen LogP contribution >= 0.6 is 0 Å². The molecule has 0 atom stereocenters. The van der Waals surface area contributed by atoms with E-state index in [0.29, 0.717) is 19.4 Å². The van der Waals surface area contributed by atoms with Crippen molar-refractivity contribution in [1.29, 1.82) is 0 Å². The van der Waals surface area contributed by atoms with Gasteiger partial charge in [0.15, 0.2) is 0 Å². The smallest absolute Gasteiger partial charge is 0.417 e. The van der Waals surface area contributed by atoms with E-state index >= 15 is 0 Å². The molecule has 0 saturated heterocycles. The maximum absolute atomic E-state index is 12.7. The first-order chi connectivity index (χ1) is 8.86. The summed E-state index contributed by atoms with van der Waals surface area (Å²) in [6.45, 7) is 0.428. The molecule has 1 aromatic carbocycles. The van der Waals surface area contributed by atoms with Crippen molar-refractivity contribution in [3.8, 4) is 0 Å². The van der Waals surface area contributed by atoms with Crippen LogP contribution in [0.15, 0.2) is 18.2 Å². The fourth-order valence-corrected chi connectivity index (χ4v) is 1.54. The number of alkyl halides is 3. The topological polar surface area (TPSA) is 69.6 Å². The van der Waals surface area contributed by atoms with Gasteiger partial charge in [-0.15, -0.1) is 0 Å². The molecule has 0 aliphatic rings. The molecule has 4 nitrogen and oxygen atoms in total. The number of benzene rings is 1. The summed E-state index contributed by atoms with van der Waals surface area (Å²) in [5, 5.41) is 20.0. The average Bonchev–Trinajstić information content (AvgIpc) is 2.33. The monoisotopic (exact) mass is 277 g/mol. The Labute approximate surface area is 107 Å². The molecule has 0 unspecified atom stereocenters. The second-order valence-corrected chi connectivity index (χ2v) is 3.92. The van der Waals surface area contributed by atoms with Gasteiger partial charge in [0.25, 0.3) is 0 Å². The van der Waals surface area contributed by atoms with Crippen molar-refractivity contribution in [3.63, 3.8) is 0 Å². The fourth-order valence-electron chi connectivity index (χ4n) is 1.54. The van der Waals surface area contributed by atoms with E-state index in [1.807, 2.05) is 0 Å². The predicted molar refractivity (Wildman–Crippen MR) is 63.2 cm³/mol. The molecule has 0 heterocycles. The van der Waals surface area contributed by atoms with Crippen LogP contribution < -0.4 is 5.32 Å². The van der Waals surface area contributed by atoms with E-state index in [1.54, 1.807) is 0 Å². The minimum absolute atomic E-state index is 0.0213. The molecular weight excluding hydrogens is 263 g/mol. The van der Waals surface area contributed by atoms with Gasteiger partial charge >= 0.3 is 12.1 Å². The molecule has 0 aliphatic heterocycles. The number of nitrogens with one attached hydrogen (secondary N) is 1. The number of carboxylic acids is 1. The van der Waals surface area contributed by atoms with Gasteiger partial charge in [-0.05, 0) is 31.0 Å². The highest BCUT2D eigenvalue weighted by atomic mass is 19.4. The second kappa shape index (κ2) is 6.42. The number of unbranched alkanes of at least 4 members (excludes halogenated alkanes) is 1. The van der Waals surface area contributed by atoms with E-state index in [2.05, 4.69) is 5.32 Å². The summed E-state index contributed by atoms with van der Waals surface area (Å²) in [7, 11) is 0. The Hall–Kier alpha value is -1.76. The number of hydrogen-bond acceptors (Lipinski definition) is 3. The van der Waals surface area contributed by atoms with Gasteiger partial charge in [-0.2, -0.15) is 13.2 Å². The Balaban J connectivity index is 2.90. The zero-order chi connectivity index (χ0) is 14.5. The molecular formula is C12H14F3NO3. The number of hydrogen-bond donors (Lipinski definition) is 3. The molecule has 19 heavy (non-hydrogen) atoms. The van der Waals surface area contributed by atoms with Gasteiger partial charge in [0, 0.05) is 18.8 Å². The highest BCUT2D eigenvalue weighted by Gasteiger charge is 2.35. The molecule has 0 aliphatic carbocycles. The lowest BCUT2D eigenvalue weighted by Crippen LogP contribution is -2.14. The number of halogens is 3. The summed E-state index contributed by atoms with van der Waals surface area (Å²) in [6.07, 6.45) is -3.55. The summed E-state index contributed by atoms with van der Waals surface area (Å²) < 4.78 is 38.1. The van der Waals surface area contributed by atoms with Gasteiger partial charge in [0.1, 0.15) is 0 Å². The normalized spacial score (nSPS) is 11.4. The molecule has 0 bridgehead atoms. The summed E-state index contributed by atoms with van der Waals surface area (Å²) in [4.78, 5) is 10.7. The molecule has 0 fully saturated rings. The van der Waals surface area contributed by atoms with E-state index in [4.69, 9.17) is 10.2 Å². The van der Waals surface area contributed by atoms with Gasteiger partial charge in [-0.3, -0.25) is 0 Å². The third-order valence-electron chi connectivity index (χ3n) is 2.47. The van der Waals surface area contributed by atoms with E-state index in [-0.39, 0.29) is 12.3 Å². The summed E-state index contributed by atoms with van der Waals surface area (Å²) >= 11 is 0. The standard InChI is InChI=1S/C12H14F3NO3/c13-12(14,15)10-7-8(16-5-1-2-6-17)3-4-9(10)11(18)19/h3-4,7,16-17H,1-2,5-6H2,(H,18,19). The van der Waals surface area contributed by atoms with Crippen LogP contribution in [-0.4, -0.2) is 29.3 Å². The van der Waals surface area contributed by atoms with Crippen molar-refractivity contribution < 1.29 is 28.2 Å². The zero-order valence-electron chi connectivity index (χ0n) is 10.00. The van der Waals surface area contributed by atoms with Crippen LogP contribution in [0.5, 0.6) is 0 Å². The van der Waals surface area contributed by atoms with Crippen LogP contribution in [0.1, 0.15) is 28.8 Å². The van der Waals surface area contributed by atoms with Crippen LogP contribution in [0.4, 0.5) is 18.9 Å². The highest BCUT2D eigenvalue weighted by molar-refractivity contribution is 5.90. The third kappa shape index (κ3) is 4.44. The average molecular weight is 277 g/mol. The van der Waals surface area contributed by atoms with Gasteiger partial charge < -0.3 is 15.5 Å². The summed E-state index contributed by atoms with van der Waals surface area (Å²) in [5.74, 6) is -1.61. The Morgan fingerprint density at radius 2 is 1.95 bits per heavy atom. The number of aliphatic hydroxyl groups excluding tert-OH is 1. The van der Waals surface area contributed by atoms with Crippen molar-refractivity contribution in [1.82, 2.24) is 0 Å². The first-order valence-electron chi connectivity index (χ1n) is 5.65. The first kappa shape index (κ1) is 15.3. The fraction of sp³-hybridized carbons (Fsp3) is 0.417. The van der Waals surface area contributed by atoms with E-state index < -0.39 is 23.3 Å². The molecule has 0 radical (unpaired) electrons. The molecule has 7 heteroatoms. The van der Waals surface area contributed by atoms with Gasteiger partial charge in [-0.1, -0.05) is 0 Å². The third-order valence-corrected chi connectivity index (χ3v) is 2.47. The number of aliphatic hydroxyl groups is 1. The van der Waals surface area contributed by atoms with Crippen molar-refractivity contribution in [2.75, 3.05) is 18.5 Å². The lowest BCUT2D eigenvalue weighted by molar-refractivity contribution is -0.138. The molecule has 0 saturated carbocycles. The highest BCUT2D eigenvalue weighted by Crippen LogP contribution is 2.33. The number of aromatic carboxylic acids is 1. The van der Waals surface area contributed by atoms with Crippen LogP contribution in [0.2, 0.25) is 0 Å². The Morgan fingerprint density at radius 3 is 2.47 bits per heavy atom. The number of carboxylic acid groups (broad SMARTS) is 1. The largest absolute Gasteiger partial charge is 0.478 e. The maximum Gasteiger partial charge on any atom is 0.417 e. The second-order valence-electron chi connectivity index (χ2n) is 3.92. The van der Waals surface area contributed by atoms with Crippen molar-refractivity contribution in [2.45, 2.75) is 19.0 Å². The van der Waals surface area contributed by atoms with Crippen LogP contribution in [0.3, 0.4) is 0 Å². The number of carbonyl (C=O) groups is 1. The number of anilines is 1. The van der Waals surface area contributed by atoms with E-state index in [9.17, 15) is 18.0 Å². The summed E-state index contributed by atoms with van der Waals surface area (Å²) in [5.41, 5.74) is -1.74. The first-order valence-corrected chi connectivity index (χ1v) is 5.65. The Morgan fingerprint density at radius 1 is 1.26 bits per heavy atom. The molecule has 106 valence electrons.